The van der Waals surface area contributed by atoms with Gasteiger partial charge in [0.05, 0.1) is 10.2 Å². The summed E-state index contributed by atoms with van der Waals surface area (Å²) in [7, 11) is 1.88. The highest BCUT2D eigenvalue weighted by atomic mass is 32.2. The van der Waals surface area contributed by atoms with Crippen LogP contribution in [0.4, 0.5) is 10.5 Å². The minimum Gasteiger partial charge on any atom is -0.486 e. The lowest BCUT2D eigenvalue weighted by Gasteiger charge is -2.09. The van der Waals surface area contributed by atoms with Gasteiger partial charge in [-0.3, -0.25) is 25.0 Å². The molecule has 38 heavy (non-hydrogen) atoms. The third kappa shape index (κ3) is 5.36. The number of benzene rings is 2. The number of aryl methyl sites for hydroxylation is 3. The second kappa shape index (κ2) is 10.5. The Bertz CT molecular complexity index is 1560. The number of nitro groups is 1. The summed E-state index contributed by atoms with van der Waals surface area (Å²) in [6.07, 6.45) is 0.471. The number of fused-ring (bicyclic) bond motifs is 1. The van der Waals surface area contributed by atoms with E-state index in [1.165, 1.54) is 11.8 Å². The first kappa shape index (κ1) is 25.7. The van der Waals surface area contributed by atoms with Gasteiger partial charge >= 0.3 is 0 Å². The maximum absolute atomic E-state index is 11.8. The average Bonchev–Trinajstić information content (AvgIpc) is 3.34. The van der Waals surface area contributed by atoms with Crippen LogP contribution >= 0.6 is 23.5 Å². The molecule has 1 atom stereocenters. The van der Waals surface area contributed by atoms with Gasteiger partial charge in [0, 0.05) is 23.1 Å². The molecule has 2 aromatic heterocycles. The van der Waals surface area contributed by atoms with E-state index in [0.29, 0.717) is 34.8 Å². The number of hydrogen-bond donors (Lipinski definition) is 1. The van der Waals surface area contributed by atoms with Gasteiger partial charge in [0.25, 0.3) is 10.9 Å². The third-order valence-electron chi connectivity index (χ3n) is 6.13. The van der Waals surface area contributed by atoms with Crippen LogP contribution in [0.3, 0.4) is 0 Å². The Morgan fingerprint density at radius 2 is 1.82 bits per heavy atom. The normalized spacial score (nSPS) is 15.2. The number of carbonyl (C=O) groups is 2. The molecule has 10 nitrogen and oxygen atoms in total. The number of imide groups is 1. The molecule has 4 aromatic rings. The molecule has 5 rings (SSSR count). The Morgan fingerprint density at radius 1 is 1.11 bits per heavy atom. The van der Waals surface area contributed by atoms with E-state index in [-0.39, 0.29) is 28.4 Å². The first-order valence-electron chi connectivity index (χ1n) is 11.7. The first-order valence-corrected chi connectivity index (χ1v) is 13.4. The lowest BCUT2D eigenvalue weighted by Crippen LogP contribution is -2.25. The molecule has 0 aliphatic carbocycles. The zero-order valence-electron chi connectivity index (χ0n) is 20.8. The molecule has 0 radical (unpaired) electrons. The van der Waals surface area contributed by atoms with Crippen LogP contribution in [0.25, 0.3) is 11.2 Å². The standard InChI is InChI=1S/C26H23N5O5S2/c1-14-10-18(11-15(2)23(14)31(34)35)37-22-9-8-19-24(28-22)30(3)21(27-19)13-36-17-6-4-16(5-7-17)12-20-25(32)29-26(33)38-20/h4-11,20H,12-13H2,1-3H3,(H,29,32,33). The minimum atomic E-state index is -0.404. The third-order valence-corrected chi connectivity index (χ3v) is 8.02. The Labute approximate surface area is 226 Å². The summed E-state index contributed by atoms with van der Waals surface area (Å²) in [6, 6.07) is 14.8. The quantitative estimate of drug-likeness (QED) is 0.235. The highest BCUT2D eigenvalue weighted by Gasteiger charge is 2.31. The number of hydrogen-bond acceptors (Lipinski definition) is 9. The molecular weight excluding hydrogens is 526 g/mol. The number of thioether (sulfide) groups is 1. The van der Waals surface area contributed by atoms with E-state index < -0.39 is 5.25 Å². The summed E-state index contributed by atoms with van der Waals surface area (Å²) in [5.41, 5.74) is 3.76. The predicted octanol–water partition coefficient (Wildman–Crippen LogP) is 5.12. The highest BCUT2D eigenvalue weighted by Crippen LogP contribution is 2.33. The van der Waals surface area contributed by atoms with Crippen LogP contribution in [-0.4, -0.2) is 35.9 Å². The molecule has 2 aromatic carbocycles. The smallest absolute Gasteiger partial charge is 0.286 e. The largest absolute Gasteiger partial charge is 0.486 e. The number of aromatic nitrogens is 3. The molecular formula is C26H23N5O5S2. The lowest BCUT2D eigenvalue weighted by molar-refractivity contribution is -0.386. The molecule has 3 heterocycles. The molecule has 1 aliphatic rings. The van der Waals surface area contributed by atoms with Crippen LogP contribution in [0.15, 0.2) is 58.5 Å². The molecule has 1 aliphatic heterocycles. The van der Waals surface area contributed by atoms with E-state index >= 15 is 0 Å². The van der Waals surface area contributed by atoms with Crippen molar-refractivity contribution in [3.63, 3.8) is 0 Å². The number of imidazole rings is 1. The predicted molar refractivity (Wildman–Crippen MR) is 145 cm³/mol. The maximum atomic E-state index is 11.8. The zero-order chi connectivity index (χ0) is 27.0. The van der Waals surface area contributed by atoms with Crippen molar-refractivity contribution in [2.45, 2.75) is 42.0 Å². The Kier molecular flexibility index (Phi) is 7.09. The Morgan fingerprint density at radius 3 is 2.45 bits per heavy atom. The number of carbonyl (C=O) groups excluding carboxylic acids is 2. The van der Waals surface area contributed by atoms with Crippen LogP contribution in [-0.2, 0) is 24.9 Å². The van der Waals surface area contributed by atoms with E-state index in [4.69, 9.17) is 9.72 Å². The SMILES string of the molecule is Cc1cc(Sc2ccc3nc(COc4ccc(CC5SC(=O)NC5=O)cc4)n(C)c3n2)cc(C)c1[N+](=O)[O-]. The van der Waals surface area contributed by atoms with Crippen LogP contribution in [0.2, 0.25) is 0 Å². The van der Waals surface area contributed by atoms with E-state index in [1.54, 1.807) is 26.0 Å². The first-order chi connectivity index (χ1) is 18.2. The molecule has 2 amide bonds. The van der Waals surface area contributed by atoms with Gasteiger partial charge in [-0.2, -0.15) is 0 Å². The number of nitrogens with zero attached hydrogens (tertiary/aromatic N) is 4. The maximum Gasteiger partial charge on any atom is 0.286 e. The molecule has 0 saturated carbocycles. The molecule has 1 N–H and O–H groups in total. The molecule has 1 saturated heterocycles. The molecule has 12 heteroatoms. The second-order valence-electron chi connectivity index (χ2n) is 8.86. The fraction of sp³-hybridized carbons (Fsp3) is 0.231. The van der Waals surface area contributed by atoms with Crippen molar-refractivity contribution >= 4 is 51.5 Å². The second-order valence-corrected chi connectivity index (χ2v) is 11.1. The monoisotopic (exact) mass is 549 g/mol. The summed E-state index contributed by atoms with van der Waals surface area (Å²) in [6.45, 7) is 3.72. The summed E-state index contributed by atoms with van der Waals surface area (Å²) in [4.78, 5) is 44.3. The highest BCUT2D eigenvalue weighted by molar-refractivity contribution is 8.15. The fourth-order valence-electron chi connectivity index (χ4n) is 4.28. The summed E-state index contributed by atoms with van der Waals surface area (Å²) in [5.74, 6) is 1.11. The molecule has 1 fully saturated rings. The fourth-order valence-corrected chi connectivity index (χ4v) is 6.12. The summed E-state index contributed by atoms with van der Waals surface area (Å²) >= 11 is 2.45. The van der Waals surface area contributed by atoms with Crippen molar-refractivity contribution in [3.05, 3.63) is 81.2 Å². The molecule has 0 bridgehead atoms. The number of rotatable bonds is 8. The van der Waals surface area contributed by atoms with Crippen molar-refractivity contribution in [2.75, 3.05) is 0 Å². The number of ether oxygens (including phenoxy) is 1. The van der Waals surface area contributed by atoms with Gasteiger partial charge in [0.15, 0.2) is 5.65 Å². The number of nitrogens with one attached hydrogen (secondary N) is 1. The lowest BCUT2D eigenvalue weighted by atomic mass is 10.1. The topological polar surface area (TPSA) is 129 Å². The van der Waals surface area contributed by atoms with E-state index in [2.05, 4.69) is 10.3 Å². The van der Waals surface area contributed by atoms with Crippen LogP contribution in [0.5, 0.6) is 5.75 Å². The Balaban J connectivity index is 1.26. The van der Waals surface area contributed by atoms with Gasteiger partial charge in [0.1, 0.15) is 28.7 Å². The van der Waals surface area contributed by atoms with Gasteiger partial charge < -0.3 is 9.30 Å². The molecule has 0 spiro atoms. The molecule has 1 unspecified atom stereocenters. The number of amides is 2. The van der Waals surface area contributed by atoms with Crippen molar-refractivity contribution < 1.29 is 19.2 Å². The Hall–Kier alpha value is -3.90. The van der Waals surface area contributed by atoms with Crippen molar-refractivity contribution in [2.24, 2.45) is 7.05 Å². The van der Waals surface area contributed by atoms with Crippen LogP contribution in [0.1, 0.15) is 22.5 Å². The average molecular weight is 550 g/mol. The van der Waals surface area contributed by atoms with Gasteiger partial charge in [-0.1, -0.05) is 35.7 Å². The molecule has 194 valence electrons. The van der Waals surface area contributed by atoms with E-state index in [1.807, 2.05) is 48.0 Å². The minimum absolute atomic E-state index is 0.139. The van der Waals surface area contributed by atoms with Crippen LogP contribution < -0.4 is 10.1 Å². The van der Waals surface area contributed by atoms with Gasteiger partial charge in [0.2, 0.25) is 5.91 Å². The summed E-state index contributed by atoms with van der Waals surface area (Å²) in [5, 5.41) is 13.6. The van der Waals surface area contributed by atoms with Gasteiger partial charge in [-0.05, 0) is 62.2 Å². The van der Waals surface area contributed by atoms with E-state index in [9.17, 15) is 19.7 Å². The number of nitro benzene ring substituents is 1. The van der Waals surface area contributed by atoms with Crippen molar-refractivity contribution in [1.29, 1.82) is 0 Å². The van der Waals surface area contributed by atoms with E-state index in [0.717, 1.165) is 32.8 Å². The van der Waals surface area contributed by atoms with Crippen LogP contribution in [0, 0.1) is 24.0 Å². The number of pyridine rings is 1. The van der Waals surface area contributed by atoms with Gasteiger partial charge in [-0.15, -0.1) is 0 Å². The van der Waals surface area contributed by atoms with Gasteiger partial charge in [-0.25, -0.2) is 9.97 Å². The van der Waals surface area contributed by atoms with Crippen molar-refractivity contribution in [3.8, 4) is 5.75 Å². The van der Waals surface area contributed by atoms with Crippen molar-refractivity contribution in [1.82, 2.24) is 19.9 Å². The summed E-state index contributed by atoms with van der Waals surface area (Å²) < 4.78 is 7.82. The zero-order valence-corrected chi connectivity index (χ0v) is 22.4.